The number of hydrogen-bond acceptors (Lipinski definition) is 4. The number of nitrogens with zero attached hydrogens (tertiary/aromatic N) is 3. The molecule has 2 N–H and O–H groups in total. The zero-order chi connectivity index (χ0) is 22.2. The number of aromatic nitrogens is 4. The summed E-state index contributed by atoms with van der Waals surface area (Å²) in [5, 5.41) is 4.29. The number of carbonyl (C=O) groups excluding carboxylic acids is 1. The predicted molar refractivity (Wildman–Crippen MR) is 125 cm³/mol. The van der Waals surface area contributed by atoms with E-state index in [1.807, 2.05) is 31.3 Å². The summed E-state index contributed by atoms with van der Waals surface area (Å²) < 4.78 is 8.04. The molecule has 0 atom stereocenters. The third-order valence-corrected chi connectivity index (χ3v) is 5.74. The minimum Gasteiger partial charge on any atom is -0.457 e. The van der Waals surface area contributed by atoms with Gasteiger partial charge >= 0.3 is 0 Å². The number of ether oxygens (including phenoxy) is 1. The maximum absolute atomic E-state index is 11.8. The number of H-pyrrole nitrogens is 1. The van der Waals surface area contributed by atoms with Gasteiger partial charge in [0, 0.05) is 55.9 Å². The standard InChI is InChI=1S/C24H20ClN5O2/c1-26-24(31)21-12-16(7-8-27-21)32-15-4-6-22-20(11-15)29-23(30(22)2)10-14-3-5-17-18(25)13-28-19(17)9-14/h3-9,11-13,28H,10H2,1-2H3,(H,26,31). The zero-order valence-corrected chi connectivity index (χ0v) is 18.3. The van der Waals surface area contributed by atoms with Crippen molar-refractivity contribution in [3.05, 3.63) is 83.0 Å². The van der Waals surface area contributed by atoms with Crippen LogP contribution in [-0.4, -0.2) is 32.5 Å². The highest BCUT2D eigenvalue weighted by Gasteiger charge is 2.12. The summed E-state index contributed by atoms with van der Waals surface area (Å²) in [6.45, 7) is 0. The monoisotopic (exact) mass is 445 g/mol. The number of carbonyl (C=O) groups is 1. The van der Waals surface area contributed by atoms with Gasteiger partial charge in [-0.05, 0) is 29.8 Å². The van der Waals surface area contributed by atoms with Gasteiger partial charge in [-0.3, -0.25) is 9.78 Å². The average molecular weight is 446 g/mol. The van der Waals surface area contributed by atoms with E-state index in [0.717, 1.165) is 38.3 Å². The number of aromatic amines is 1. The fourth-order valence-electron chi connectivity index (χ4n) is 3.74. The van der Waals surface area contributed by atoms with Crippen molar-refractivity contribution in [2.75, 3.05) is 7.05 Å². The first-order valence-electron chi connectivity index (χ1n) is 10.1. The van der Waals surface area contributed by atoms with Crippen molar-refractivity contribution >= 4 is 39.4 Å². The highest BCUT2D eigenvalue weighted by atomic mass is 35.5. The highest BCUT2D eigenvalue weighted by Crippen LogP contribution is 2.28. The summed E-state index contributed by atoms with van der Waals surface area (Å²) in [4.78, 5) is 23.9. The first kappa shape index (κ1) is 20.1. The molecule has 0 bridgehead atoms. The minimum atomic E-state index is -0.264. The summed E-state index contributed by atoms with van der Waals surface area (Å²) in [5.41, 5.74) is 4.30. The van der Waals surface area contributed by atoms with Crippen LogP contribution < -0.4 is 10.1 Å². The Bertz CT molecular complexity index is 1470. The van der Waals surface area contributed by atoms with Crippen LogP contribution in [0.25, 0.3) is 21.9 Å². The fraction of sp³-hybridized carbons (Fsp3) is 0.125. The van der Waals surface area contributed by atoms with E-state index in [-0.39, 0.29) is 5.91 Å². The van der Waals surface area contributed by atoms with Crippen molar-refractivity contribution < 1.29 is 9.53 Å². The molecule has 0 saturated carbocycles. The lowest BCUT2D eigenvalue weighted by molar-refractivity contribution is 0.0958. The molecular weight excluding hydrogens is 426 g/mol. The van der Waals surface area contributed by atoms with E-state index < -0.39 is 0 Å². The molecule has 0 aliphatic carbocycles. The summed E-state index contributed by atoms with van der Waals surface area (Å²) in [7, 11) is 3.57. The topological polar surface area (TPSA) is 84.8 Å². The summed E-state index contributed by atoms with van der Waals surface area (Å²) in [5.74, 6) is 1.85. The fourth-order valence-corrected chi connectivity index (χ4v) is 3.96. The van der Waals surface area contributed by atoms with Crippen LogP contribution in [0.15, 0.2) is 60.9 Å². The Morgan fingerprint density at radius 2 is 2.00 bits per heavy atom. The number of nitrogens with one attached hydrogen (secondary N) is 2. The first-order valence-corrected chi connectivity index (χ1v) is 10.5. The first-order chi connectivity index (χ1) is 15.5. The molecule has 2 aromatic carbocycles. The van der Waals surface area contributed by atoms with Gasteiger partial charge in [0.05, 0.1) is 16.1 Å². The van der Waals surface area contributed by atoms with Gasteiger partial charge in [0.1, 0.15) is 23.0 Å². The molecule has 1 amide bonds. The summed E-state index contributed by atoms with van der Waals surface area (Å²) in [6, 6.07) is 15.3. The number of hydrogen-bond donors (Lipinski definition) is 2. The lowest BCUT2D eigenvalue weighted by atomic mass is 10.1. The van der Waals surface area contributed by atoms with Crippen molar-refractivity contribution in [3.63, 3.8) is 0 Å². The van der Waals surface area contributed by atoms with Gasteiger partial charge in [-0.25, -0.2) is 4.98 Å². The van der Waals surface area contributed by atoms with E-state index in [9.17, 15) is 4.79 Å². The largest absolute Gasteiger partial charge is 0.457 e. The Kier molecular flexibility index (Phi) is 5.03. The van der Waals surface area contributed by atoms with Crippen molar-refractivity contribution in [1.82, 2.24) is 24.8 Å². The molecule has 5 aromatic rings. The number of rotatable bonds is 5. The van der Waals surface area contributed by atoms with Crippen LogP contribution in [0.1, 0.15) is 21.9 Å². The van der Waals surface area contributed by atoms with Crippen LogP contribution in [-0.2, 0) is 13.5 Å². The van der Waals surface area contributed by atoms with E-state index in [4.69, 9.17) is 21.3 Å². The Hall–Kier alpha value is -3.84. The molecule has 0 fully saturated rings. The van der Waals surface area contributed by atoms with Crippen LogP contribution in [0.2, 0.25) is 5.02 Å². The van der Waals surface area contributed by atoms with Gasteiger partial charge in [-0.15, -0.1) is 0 Å². The number of fused-ring (bicyclic) bond motifs is 2. The molecule has 0 spiro atoms. The van der Waals surface area contributed by atoms with E-state index in [1.54, 1.807) is 31.6 Å². The molecule has 0 radical (unpaired) electrons. The molecule has 0 aliphatic heterocycles. The molecule has 0 saturated heterocycles. The Morgan fingerprint density at radius 3 is 2.84 bits per heavy atom. The van der Waals surface area contributed by atoms with Crippen LogP contribution >= 0.6 is 11.6 Å². The van der Waals surface area contributed by atoms with Crippen LogP contribution in [0.5, 0.6) is 11.5 Å². The smallest absolute Gasteiger partial charge is 0.269 e. The molecule has 8 heteroatoms. The van der Waals surface area contributed by atoms with E-state index >= 15 is 0 Å². The molecule has 160 valence electrons. The maximum Gasteiger partial charge on any atom is 0.269 e. The highest BCUT2D eigenvalue weighted by molar-refractivity contribution is 6.35. The van der Waals surface area contributed by atoms with Gasteiger partial charge in [-0.1, -0.05) is 23.7 Å². The molecule has 7 nitrogen and oxygen atoms in total. The second-order valence-corrected chi connectivity index (χ2v) is 7.90. The molecule has 5 rings (SSSR count). The SMILES string of the molecule is CNC(=O)c1cc(Oc2ccc3c(c2)nc(Cc2ccc4c(Cl)c[nH]c4c2)n3C)ccn1. The van der Waals surface area contributed by atoms with Gasteiger partial charge in [0.2, 0.25) is 0 Å². The number of aryl methyl sites for hydroxylation is 1. The lowest BCUT2D eigenvalue weighted by Crippen LogP contribution is -2.18. The van der Waals surface area contributed by atoms with Gasteiger partial charge in [0.25, 0.3) is 5.91 Å². The normalized spacial score (nSPS) is 11.2. The molecule has 0 aliphatic rings. The quantitative estimate of drug-likeness (QED) is 0.405. The molecule has 32 heavy (non-hydrogen) atoms. The second-order valence-electron chi connectivity index (χ2n) is 7.49. The van der Waals surface area contributed by atoms with Crippen LogP contribution in [0.4, 0.5) is 0 Å². The zero-order valence-electron chi connectivity index (χ0n) is 17.5. The third-order valence-electron chi connectivity index (χ3n) is 5.43. The van der Waals surface area contributed by atoms with Crippen molar-refractivity contribution in [3.8, 4) is 11.5 Å². The van der Waals surface area contributed by atoms with Crippen LogP contribution in [0.3, 0.4) is 0 Å². The average Bonchev–Trinajstić information content (AvgIpc) is 3.32. The minimum absolute atomic E-state index is 0.264. The number of benzene rings is 2. The number of amides is 1. The van der Waals surface area contributed by atoms with E-state index in [1.165, 1.54) is 0 Å². The molecule has 3 aromatic heterocycles. The second kappa shape index (κ2) is 8.01. The Labute approximate surface area is 189 Å². The molecule has 0 unspecified atom stereocenters. The van der Waals surface area contributed by atoms with Gasteiger partial charge < -0.3 is 19.6 Å². The van der Waals surface area contributed by atoms with Crippen LogP contribution in [0, 0.1) is 0 Å². The maximum atomic E-state index is 11.8. The van der Waals surface area contributed by atoms with Crippen molar-refractivity contribution in [2.45, 2.75) is 6.42 Å². The van der Waals surface area contributed by atoms with Gasteiger partial charge in [-0.2, -0.15) is 0 Å². The van der Waals surface area contributed by atoms with E-state index in [0.29, 0.717) is 23.6 Å². The van der Waals surface area contributed by atoms with E-state index in [2.05, 4.69) is 32.0 Å². The van der Waals surface area contributed by atoms with Crippen molar-refractivity contribution in [2.24, 2.45) is 7.05 Å². The number of imidazole rings is 1. The lowest BCUT2D eigenvalue weighted by Gasteiger charge is -2.07. The molecular formula is C24H20ClN5O2. The molecule has 3 heterocycles. The third kappa shape index (κ3) is 3.67. The Morgan fingerprint density at radius 1 is 1.16 bits per heavy atom. The summed E-state index contributed by atoms with van der Waals surface area (Å²) >= 11 is 6.19. The predicted octanol–water partition coefficient (Wildman–Crippen LogP) is 4.85. The van der Waals surface area contributed by atoms with Gasteiger partial charge in [0.15, 0.2) is 0 Å². The number of halogens is 1. The Balaban J connectivity index is 1.42. The summed E-state index contributed by atoms with van der Waals surface area (Å²) in [6.07, 6.45) is 4.03. The van der Waals surface area contributed by atoms with Crippen molar-refractivity contribution in [1.29, 1.82) is 0 Å². The number of pyridine rings is 1.